The van der Waals surface area contributed by atoms with Gasteiger partial charge < -0.3 is 14.3 Å². The van der Waals surface area contributed by atoms with Gasteiger partial charge in [-0.2, -0.15) is 0 Å². The van der Waals surface area contributed by atoms with E-state index in [-0.39, 0.29) is 17.8 Å². The topological polar surface area (TPSA) is 59.7 Å². The number of benzene rings is 3. The third-order valence-electron chi connectivity index (χ3n) is 5.66. The molecular weight excluding hydrogens is 388 g/mol. The van der Waals surface area contributed by atoms with Gasteiger partial charge in [0.1, 0.15) is 18.1 Å². The average Bonchev–Trinajstić information content (AvgIpc) is 3.30. The molecule has 4 rings (SSSR count). The number of carboxylic acid groups (broad SMARTS) is 1. The SMILES string of the molecule is CCC(c1ccccc1)(c1ccccc1)c1ccc(OCc2ccc(C(=O)O)o2)cc1. The second-order valence-electron chi connectivity index (χ2n) is 7.38. The fraction of sp³-hybridized carbons (Fsp3) is 0.148. The molecule has 156 valence electrons. The molecule has 3 aromatic carbocycles. The molecule has 0 unspecified atom stereocenters. The first-order valence-corrected chi connectivity index (χ1v) is 10.3. The Labute approximate surface area is 181 Å². The van der Waals surface area contributed by atoms with E-state index in [0.717, 1.165) is 6.42 Å². The Morgan fingerprint density at radius 3 is 1.84 bits per heavy atom. The molecule has 0 amide bonds. The minimum absolute atomic E-state index is 0.0904. The third-order valence-corrected chi connectivity index (χ3v) is 5.66. The second kappa shape index (κ2) is 8.92. The molecule has 0 aliphatic rings. The van der Waals surface area contributed by atoms with E-state index in [9.17, 15) is 4.79 Å². The van der Waals surface area contributed by atoms with E-state index in [1.807, 2.05) is 24.3 Å². The van der Waals surface area contributed by atoms with Gasteiger partial charge in [-0.05, 0) is 47.4 Å². The molecule has 1 aromatic heterocycles. The Bertz CT molecular complexity index is 1090. The highest BCUT2D eigenvalue weighted by molar-refractivity contribution is 5.84. The fourth-order valence-corrected chi connectivity index (χ4v) is 4.12. The van der Waals surface area contributed by atoms with E-state index < -0.39 is 5.97 Å². The normalized spacial score (nSPS) is 11.3. The van der Waals surface area contributed by atoms with Gasteiger partial charge in [0.2, 0.25) is 5.76 Å². The van der Waals surface area contributed by atoms with Crippen LogP contribution in [0.25, 0.3) is 0 Å². The van der Waals surface area contributed by atoms with Gasteiger partial charge in [0.25, 0.3) is 0 Å². The summed E-state index contributed by atoms with van der Waals surface area (Å²) in [6, 6.07) is 32.3. The van der Waals surface area contributed by atoms with Gasteiger partial charge in [-0.15, -0.1) is 0 Å². The van der Waals surface area contributed by atoms with Crippen LogP contribution in [-0.2, 0) is 12.0 Å². The molecule has 4 aromatic rings. The molecule has 0 fully saturated rings. The predicted octanol–water partition coefficient (Wildman–Crippen LogP) is 6.30. The van der Waals surface area contributed by atoms with Crippen molar-refractivity contribution < 1.29 is 19.1 Å². The Kier molecular flexibility index (Phi) is 5.89. The number of rotatable bonds is 8. The summed E-state index contributed by atoms with van der Waals surface area (Å²) in [5.41, 5.74) is 3.41. The Morgan fingerprint density at radius 1 is 0.806 bits per heavy atom. The molecule has 1 heterocycles. The van der Waals surface area contributed by atoms with Crippen LogP contribution in [0.2, 0.25) is 0 Å². The van der Waals surface area contributed by atoms with Crippen molar-refractivity contribution in [3.63, 3.8) is 0 Å². The Balaban J connectivity index is 1.63. The van der Waals surface area contributed by atoms with Gasteiger partial charge in [-0.25, -0.2) is 4.79 Å². The highest BCUT2D eigenvalue weighted by atomic mass is 16.5. The Morgan fingerprint density at radius 2 is 1.35 bits per heavy atom. The summed E-state index contributed by atoms with van der Waals surface area (Å²) in [7, 11) is 0. The third kappa shape index (κ3) is 4.10. The van der Waals surface area contributed by atoms with Crippen LogP contribution in [0.15, 0.2) is 101 Å². The van der Waals surface area contributed by atoms with Gasteiger partial charge >= 0.3 is 5.97 Å². The van der Waals surface area contributed by atoms with Crippen LogP contribution < -0.4 is 4.74 Å². The number of hydrogen-bond donors (Lipinski definition) is 1. The summed E-state index contributed by atoms with van der Waals surface area (Å²) in [5.74, 6) is -0.0122. The van der Waals surface area contributed by atoms with Crippen LogP contribution in [0.4, 0.5) is 0 Å². The highest BCUT2D eigenvalue weighted by Crippen LogP contribution is 2.42. The minimum atomic E-state index is -1.09. The van der Waals surface area contributed by atoms with E-state index in [4.69, 9.17) is 14.3 Å². The van der Waals surface area contributed by atoms with Crippen LogP contribution in [0.5, 0.6) is 5.75 Å². The van der Waals surface area contributed by atoms with Gasteiger partial charge in [0, 0.05) is 5.41 Å². The number of carboxylic acids is 1. The Hall–Kier alpha value is -3.79. The summed E-state index contributed by atoms with van der Waals surface area (Å²) in [4.78, 5) is 10.9. The first-order chi connectivity index (χ1) is 15.1. The van der Waals surface area contributed by atoms with E-state index in [0.29, 0.717) is 11.5 Å². The average molecular weight is 412 g/mol. The number of ether oxygens (including phenoxy) is 1. The van der Waals surface area contributed by atoms with Crippen LogP contribution in [-0.4, -0.2) is 11.1 Å². The fourth-order valence-electron chi connectivity index (χ4n) is 4.12. The van der Waals surface area contributed by atoms with Crippen LogP contribution >= 0.6 is 0 Å². The van der Waals surface area contributed by atoms with E-state index in [1.54, 1.807) is 6.07 Å². The quantitative estimate of drug-likeness (QED) is 0.345. The molecule has 0 radical (unpaired) electrons. The molecule has 4 nitrogen and oxygen atoms in total. The lowest BCUT2D eigenvalue weighted by Gasteiger charge is -2.35. The monoisotopic (exact) mass is 412 g/mol. The molecule has 31 heavy (non-hydrogen) atoms. The molecule has 0 atom stereocenters. The van der Waals surface area contributed by atoms with Crippen molar-refractivity contribution in [3.8, 4) is 5.75 Å². The first-order valence-electron chi connectivity index (χ1n) is 10.3. The van der Waals surface area contributed by atoms with E-state index in [1.165, 1.54) is 22.8 Å². The van der Waals surface area contributed by atoms with Crippen molar-refractivity contribution in [1.82, 2.24) is 0 Å². The van der Waals surface area contributed by atoms with Crippen molar-refractivity contribution in [2.45, 2.75) is 25.4 Å². The lowest BCUT2D eigenvalue weighted by Crippen LogP contribution is -2.28. The lowest BCUT2D eigenvalue weighted by atomic mass is 9.68. The number of furan rings is 1. The maximum atomic E-state index is 10.9. The summed E-state index contributed by atoms with van der Waals surface area (Å²) < 4.78 is 11.1. The maximum Gasteiger partial charge on any atom is 0.371 e. The van der Waals surface area contributed by atoms with Crippen LogP contribution in [0.1, 0.15) is 46.3 Å². The van der Waals surface area contributed by atoms with E-state index in [2.05, 4.69) is 67.6 Å². The zero-order valence-corrected chi connectivity index (χ0v) is 17.3. The molecule has 0 saturated heterocycles. The second-order valence-corrected chi connectivity index (χ2v) is 7.38. The predicted molar refractivity (Wildman–Crippen MR) is 119 cm³/mol. The number of hydrogen-bond acceptors (Lipinski definition) is 3. The molecule has 1 N–H and O–H groups in total. The van der Waals surface area contributed by atoms with Crippen molar-refractivity contribution in [2.75, 3.05) is 0 Å². The van der Waals surface area contributed by atoms with Gasteiger partial charge in [-0.3, -0.25) is 0 Å². The molecule has 0 bridgehead atoms. The molecule has 0 saturated carbocycles. The number of aromatic carboxylic acids is 1. The minimum Gasteiger partial charge on any atom is -0.486 e. The zero-order chi connectivity index (χ0) is 21.7. The van der Waals surface area contributed by atoms with E-state index >= 15 is 0 Å². The maximum absolute atomic E-state index is 10.9. The van der Waals surface area contributed by atoms with Crippen molar-refractivity contribution in [2.24, 2.45) is 0 Å². The summed E-state index contributed by atoms with van der Waals surface area (Å²) in [6.07, 6.45) is 0.908. The molecule has 0 spiro atoms. The van der Waals surface area contributed by atoms with Crippen molar-refractivity contribution in [3.05, 3.63) is 125 Å². The molecule has 0 aliphatic heterocycles. The molecule has 4 heteroatoms. The lowest BCUT2D eigenvalue weighted by molar-refractivity contribution is 0.0658. The van der Waals surface area contributed by atoms with Crippen molar-refractivity contribution in [1.29, 1.82) is 0 Å². The summed E-state index contributed by atoms with van der Waals surface area (Å²) in [5, 5.41) is 8.97. The molecular formula is C27H24O4. The standard InChI is InChI=1S/C27H24O4/c1-2-27(20-9-5-3-6-10-20,21-11-7-4-8-12-21)22-13-15-23(16-14-22)30-19-24-17-18-25(31-24)26(28)29/h3-18H,2,19H2,1H3,(H,28,29). The van der Waals surface area contributed by atoms with Crippen LogP contribution in [0.3, 0.4) is 0 Å². The van der Waals surface area contributed by atoms with Gasteiger partial charge in [-0.1, -0.05) is 79.7 Å². The molecule has 0 aliphatic carbocycles. The number of carbonyl (C=O) groups is 1. The van der Waals surface area contributed by atoms with Crippen LogP contribution in [0, 0.1) is 0 Å². The van der Waals surface area contributed by atoms with Crippen molar-refractivity contribution >= 4 is 5.97 Å². The largest absolute Gasteiger partial charge is 0.486 e. The zero-order valence-electron chi connectivity index (χ0n) is 17.3. The highest BCUT2D eigenvalue weighted by Gasteiger charge is 2.34. The van der Waals surface area contributed by atoms with Gasteiger partial charge in [0.05, 0.1) is 0 Å². The van der Waals surface area contributed by atoms with Gasteiger partial charge in [0.15, 0.2) is 0 Å². The summed E-state index contributed by atoms with van der Waals surface area (Å²) >= 11 is 0. The smallest absolute Gasteiger partial charge is 0.371 e. The summed E-state index contributed by atoms with van der Waals surface area (Å²) in [6.45, 7) is 2.38. The first kappa shape index (κ1) is 20.5.